The summed E-state index contributed by atoms with van der Waals surface area (Å²) in [5.74, 6) is 1.87. The van der Waals surface area contributed by atoms with E-state index in [-0.39, 0.29) is 12.0 Å². The molecular formula is C16H22O2. The van der Waals surface area contributed by atoms with Crippen LogP contribution in [0.3, 0.4) is 0 Å². The van der Waals surface area contributed by atoms with Crippen molar-refractivity contribution in [2.45, 2.75) is 50.5 Å². The Morgan fingerprint density at radius 3 is 2.78 bits per heavy atom. The molecule has 2 unspecified atom stereocenters. The fraction of sp³-hybridized carbons (Fsp3) is 0.625. The van der Waals surface area contributed by atoms with E-state index in [1.54, 1.807) is 0 Å². The highest BCUT2D eigenvalue weighted by Gasteiger charge is 2.31. The van der Waals surface area contributed by atoms with Crippen LogP contribution in [0.25, 0.3) is 0 Å². The van der Waals surface area contributed by atoms with Gasteiger partial charge in [0.25, 0.3) is 0 Å². The van der Waals surface area contributed by atoms with Crippen LogP contribution < -0.4 is 4.74 Å². The van der Waals surface area contributed by atoms with Crippen molar-refractivity contribution < 1.29 is 9.84 Å². The van der Waals surface area contributed by atoms with Crippen molar-refractivity contribution in [2.75, 3.05) is 6.61 Å². The Morgan fingerprint density at radius 1 is 1.17 bits per heavy atom. The van der Waals surface area contributed by atoms with Crippen molar-refractivity contribution in [3.05, 3.63) is 29.8 Å². The van der Waals surface area contributed by atoms with Gasteiger partial charge in [-0.25, -0.2) is 0 Å². The van der Waals surface area contributed by atoms with Crippen molar-refractivity contribution in [2.24, 2.45) is 5.92 Å². The van der Waals surface area contributed by atoms with Crippen molar-refractivity contribution in [1.82, 2.24) is 0 Å². The number of aliphatic hydroxyl groups is 1. The fourth-order valence-corrected chi connectivity index (χ4v) is 3.43. The SMILES string of the molecule is OC(CC1CCCCC1)C1COc2ccccc21. The summed E-state index contributed by atoms with van der Waals surface area (Å²) < 4.78 is 5.66. The molecule has 98 valence electrons. The minimum atomic E-state index is -0.239. The summed E-state index contributed by atoms with van der Waals surface area (Å²) in [7, 11) is 0. The van der Waals surface area contributed by atoms with Gasteiger partial charge in [0.1, 0.15) is 5.75 Å². The van der Waals surface area contributed by atoms with Crippen molar-refractivity contribution in [3.8, 4) is 5.75 Å². The van der Waals surface area contributed by atoms with Crippen LogP contribution in [0.5, 0.6) is 5.75 Å². The summed E-state index contributed by atoms with van der Waals surface area (Å²) in [6, 6.07) is 8.13. The van der Waals surface area contributed by atoms with Crippen molar-refractivity contribution in [3.63, 3.8) is 0 Å². The lowest BCUT2D eigenvalue weighted by molar-refractivity contribution is 0.0941. The van der Waals surface area contributed by atoms with Crippen LogP contribution in [0.15, 0.2) is 24.3 Å². The van der Waals surface area contributed by atoms with E-state index in [4.69, 9.17) is 4.74 Å². The summed E-state index contributed by atoms with van der Waals surface area (Å²) in [6.07, 6.45) is 7.37. The quantitative estimate of drug-likeness (QED) is 0.884. The number of aliphatic hydroxyl groups excluding tert-OH is 1. The average molecular weight is 246 g/mol. The molecule has 18 heavy (non-hydrogen) atoms. The van der Waals surface area contributed by atoms with Crippen LogP contribution >= 0.6 is 0 Å². The zero-order valence-electron chi connectivity index (χ0n) is 10.8. The predicted molar refractivity (Wildman–Crippen MR) is 71.9 cm³/mol. The number of hydrogen-bond donors (Lipinski definition) is 1. The second-order valence-corrected chi connectivity index (χ2v) is 5.76. The Bertz CT molecular complexity index is 396. The van der Waals surface area contributed by atoms with E-state index in [1.165, 1.54) is 37.7 Å². The van der Waals surface area contributed by atoms with E-state index in [2.05, 4.69) is 6.07 Å². The van der Waals surface area contributed by atoms with Gasteiger partial charge in [0.05, 0.1) is 12.7 Å². The van der Waals surface area contributed by atoms with Gasteiger partial charge in [-0.2, -0.15) is 0 Å². The number of benzene rings is 1. The van der Waals surface area contributed by atoms with Crippen LogP contribution in [0, 0.1) is 5.92 Å². The third-order valence-corrected chi connectivity index (χ3v) is 4.50. The van der Waals surface area contributed by atoms with Crippen LogP contribution in [0.2, 0.25) is 0 Å². The van der Waals surface area contributed by atoms with E-state index in [9.17, 15) is 5.11 Å². The molecule has 2 aliphatic rings. The van der Waals surface area contributed by atoms with Gasteiger partial charge in [-0.15, -0.1) is 0 Å². The lowest BCUT2D eigenvalue weighted by atomic mass is 9.82. The molecule has 2 atom stereocenters. The Labute approximate surface area is 109 Å². The third kappa shape index (κ3) is 2.39. The van der Waals surface area contributed by atoms with Gasteiger partial charge >= 0.3 is 0 Å². The second-order valence-electron chi connectivity index (χ2n) is 5.76. The summed E-state index contributed by atoms with van der Waals surface area (Å²) in [4.78, 5) is 0. The maximum atomic E-state index is 10.5. The molecule has 1 heterocycles. The van der Waals surface area contributed by atoms with Gasteiger partial charge in [-0.3, -0.25) is 0 Å². The summed E-state index contributed by atoms with van der Waals surface area (Å²) in [6.45, 7) is 0.646. The number of para-hydroxylation sites is 1. The number of fused-ring (bicyclic) bond motifs is 1. The normalized spacial score (nSPS) is 25.5. The first-order valence-corrected chi connectivity index (χ1v) is 7.24. The smallest absolute Gasteiger partial charge is 0.123 e. The number of ether oxygens (including phenoxy) is 1. The zero-order chi connectivity index (χ0) is 12.4. The van der Waals surface area contributed by atoms with Crippen molar-refractivity contribution in [1.29, 1.82) is 0 Å². The van der Waals surface area contributed by atoms with E-state index < -0.39 is 0 Å². The predicted octanol–water partition coefficient (Wildman–Crippen LogP) is 3.49. The molecule has 0 spiro atoms. The summed E-state index contributed by atoms with van der Waals surface area (Å²) >= 11 is 0. The van der Waals surface area contributed by atoms with Crippen LogP contribution in [-0.2, 0) is 0 Å². The molecule has 1 aromatic rings. The maximum Gasteiger partial charge on any atom is 0.123 e. The van der Waals surface area contributed by atoms with E-state index in [1.807, 2.05) is 18.2 Å². The largest absolute Gasteiger partial charge is 0.493 e. The fourth-order valence-electron chi connectivity index (χ4n) is 3.43. The monoisotopic (exact) mass is 246 g/mol. The molecule has 0 bridgehead atoms. The topological polar surface area (TPSA) is 29.5 Å². The van der Waals surface area contributed by atoms with Gasteiger partial charge in [-0.05, 0) is 18.4 Å². The highest BCUT2D eigenvalue weighted by Crippen LogP contribution is 2.38. The minimum absolute atomic E-state index is 0.183. The molecule has 1 saturated carbocycles. The lowest BCUT2D eigenvalue weighted by Crippen LogP contribution is -2.24. The standard InChI is InChI=1S/C16H22O2/c17-15(10-12-6-2-1-3-7-12)14-11-18-16-9-5-4-8-13(14)16/h4-5,8-9,12,14-15,17H,1-3,6-7,10-11H2. The third-order valence-electron chi connectivity index (χ3n) is 4.50. The molecule has 2 heteroatoms. The first-order chi connectivity index (χ1) is 8.84. The molecular weight excluding hydrogens is 224 g/mol. The van der Waals surface area contributed by atoms with Gasteiger partial charge in [0.15, 0.2) is 0 Å². The first-order valence-electron chi connectivity index (χ1n) is 7.24. The van der Waals surface area contributed by atoms with Crippen LogP contribution in [0.1, 0.15) is 50.0 Å². The van der Waals surface area contributed by atoms with E-state index >= 15 is 0 Å². The molecule has 2 nitrogen and oxygen atoms in total. The van der Waals surface area contributed by atoms with Gasteiger partial charge < -0.3 is 9.84 Å². The highest BCUT2D eigenvalue weighted by atomic mass is 16.5. The average Bonchev–Trinajstić information content (AvgIpc) is 2.84. The van der Waals surface area contributed by atoms with E-state index in [0.717, 1.165) is 18.1 Å². The molecule has 3 rings (SSSR count). The minimum Gasteiger partial charge on any atom is -0.493 e. The molecule has 0 aromatic heterocycles. The van der Waals surface area contributed by atoms with Gasteiger partial charge in [-0.1, -0.05) is 50.3 Å². The Hall–Kier alpha value is -1.02. The van der Waals surface area contributed by atoms with E-state index in [0.29, 0.717) is 6.61 Å². The molecule has 1 aliphatic heterocycles. The number of rotatable bonds is 3. The lowest BCUT2D eigenvalue weighted by Gasteiger charge is -2.26. The molecule has 0 radical (unpaired) electrons. The van der Waals surface area contributed by atoms with Crippen LogP contribution in [-0.4, -0.2) is 17.8 Å². The molecule has 0 saturated heterocycles. The Morgan fingerprint density at radius 2 is 1.94 bits per heavy atom. The molecule has 1 fully saturated rings. The Balaban J connectivity index is 1.64. The first kappa shape index (κ1) is 12.0. The van der Waals surface area contributed by atoms with Crippen molar-refractivity contribution >= 4 is 0 Å². The highest BCUT2D eigenvalue weighted by molar-refractivity contribution is 5.40. The molecule has 0 amide bonds. The molecule has 1 N–H and O–H groups in total. The zero-order valence-corrected chi connectivity index (χ0v) is 10.8. The van der Waals surface area contributed by atoms with Crippen LogP contribution in [0.4, 0.5) is 0 Å². The molecule has 1 aliphatic carbocycles. The maximum absolute atomic E-state index is 10.5. The summed E-state index contributed by atoms with van der Waals surface area (Å²) in [5.41, 5.74) is 1.20. The second kappa shape index (κ2) is 5.31. The van der Waals surface area contributed by atoms with Gasteiger partial charge in [0, 0.05) is 11.5 Å². The summed E-state index contributed by atoms with van der Waals surface area (Å²) in [5, 5.41) is 10.5. The molecule has 1 aromatic carbocycles. The number of hydrogen-bond acceptors (Lipinski definition) is 2. The Kier molecular flexibility index (Phi) is 3.55. The van der Waals surface area contributed by atoms with Gasteiger partial charge in [0.2, 0.25) is 0 Å².